The molecule has 1 amide bonds. The minimum absolute atomic E-state index is 0.139. The summed E-state index contributed by atoms with van der Waals surface area (Å²) < 4.78 is 4.07. The Morgan fingerprint density at radius 3 is 2.74 bits per heavy atom. The van der Waals surface area contributed by atoms with Crippen LogP contribution in [0.1, 0.15) is 29.2 Å². The number of aromatic nitrogens is 4. The number of nitrogens with zero attached hydrogens (tertiary/aromatic N) is 4. The number of benzene rings is 1. The first-order chi connectivity index (χ1) is 13.1. The molecule has 0 atom stereocenters. The van der Waals surface area contributed by atoms with E-state index < -0.39 is 0 Å². The van der Waals surface area contributed by atoms with E-state index in [9.17, 15) is 9.59 Å². The fourth-order valence-corrected chi connectivity index (χ4v) is 3.57. The standard InChI is InChI=1S/C19H18IN5O2/c20-16-6-2-1-5-15(16)18(26)22-10-11-24-19(27)25(14-7-8-14)17(23-24)13-4-3-9-21-12-13/h1-6,9,12,14H,7-8,10-11H2,(H,22,26). The molecule has 0 bridgehead atoms. The number of carbonyl (C=O) groups is 1. The molecule has 138 valence electrons. The molecule has 2 aromatic heterocycles. The van der Waals surface area contributed by atoms with Crippen molar-refractivity contribution in [1.82, 2.24) is 24.6 Å². The van der Waals surface area contributed by atoms with Gasteiger partial charge in [0.25, 0.3) is 5.91 Å². The van der Waals surface area contributed by atoms with Gasteiger partial charge in [-0.15, -0.1) is 5.10 Å². The average molecular weight is 475 g/mol. The van der Waals surface area contributed by atoms with Crippen LogP contribution in [0.3, 0.4) is 0 Å². The predicted octanol–water partition coefficient (Wildman–Crippen LogP) is 2.48. The van der Waals surface area contributed by atoms with E-state index in [-0.39, 0.29) is 17.6 Å². The summed E-state index contributed by atoms with van der Waals surface area (Å²) in [5, 5.41) is 7.37. The van der Waals surface area contributed by atoms with Crippen LogP contribution in [0.4, 0.5) is 0 Å². The molecule has 0 spiro atoms. The van der Waals surface area contributed by atoms with Crippen molar-refractivity contribution in [3.05, 3.63) is 68.4 Å². The van der Waals surface area contributed by atoms with Crippen LogP contribution in [0, 0.1) is 3.57 Å². The second kappa shape index (κ2) is 7.63. The van der Waals surface area contributed by atoms with E-state index in [1.54, 1.807) is 23.0 Å². The van der Waals surface area contributed by atoms with Gasteiger partial charge in [-0.05, 0) is 59.7 Å². The molecule has 27 heavy (non-hydrogen) atoms. The molecule has 0 unspecified atom stereocenters. The number of hydrogen-bond acceptors (Lipinski definition) is 4. The fraction of sp³-hybridized carbons (Fsp3) is 0.263. The van der Waals surface area contributed by atoms with E-state index >= 15 is 0 Å². The third-order valence-corrected chi connectivity index (χ3v) is 5.37. The lowest BCUT2D eigenvalue weighted by Crippen LogP contribution is -2.32. The van der Waals surface area contributed by atoms with E-state index in [1.165, 1.54) is 4.68 Å². The number of pyridine rings is 1. The Kier molecular flexibility index (Phi) is 5.06. The Morgan fingerprint density at radius 2 is 2.04 bits per heavy atom. The Hall–Kier alpha value is -2.49. The minimum Gasteiger partial charge on any atom is -0.350 e. The highest BCUT2D eigenvalue weighted by atomic mass is 127. The van der Waals surface area contributed by atoms with Crippen LogP contribution in [0.25, 0.3) is 11.4 Å². The van der Waals surface area contributed by atoms with Crippen molar-refractivity contribution in [3.8, 4) is 11.4 Å². The van der Waals surface area contributed by atoms with Crippen molar-refractivity contribution >= 4 is 28.5 Å². The molecule has 1 N–H and O–H groups in total. The summed E-state index contributed by atoms with van der Waals surface area (Å²) in [6.45, 7) is 0.652. The number of carbonyl (C=O) groups excluding carboxylic acids is 1. The largest absolute Gasteiger partial charge is 0.350 e. The van der Waals surface area contributed by atoms with Gasteiger partial charge in [0.05, 0.1) is 12.1 Å². The molecule has 0 aliphatic heterocycles. The van der Waals surface area contributed by atoms with Gasteiger partial charge in [0.1, 0.15) is 0 Å². The summed E-state index contributed by atoms with van der Waals surface area (Å²) in [4.78, 5) is 29.2. The molecule has 0 saturated heterocycles. The Morgan fingerprint density at radius 1 is 1.22 bits per heavy atom. The van der Waals surface area contributed by atoms with Crippen LogP contribution in [-0.4, -0.2) is 31.8 Å². The fourth-order valence-electron chi connectivity index (χ4n) is 2.94. The topological polar surface area (TPSA) is 81.8 Å². The quantitative estimate of drug-likeness (QED) is 0.556. The second-order valence-electron chi connectivity index (χ2n) is 6.41. The van der Waals surface area contributed by atoms with Crippen molar-refractivity contribution in [2.45, 2.75) is 25.4 Å². The van der Waals surface area contributed by atoms with Gasteiger partial charge in [-0.3, -0.25) is 14.3 Å². The molecular weight excluding hydrogens is 457 g/mol. The van der Waals surface area contributed by atoms with Gasteiger partial charge in [0.2, 0.25) is 0 Å². The highest BCUT2D eigenvalue weighted by molar-refractivity contribution is 14.1. The molecule has 1 aliphatic carbocycles. The minimum atomic E-state index is -0.151. The highest BCUT2D eigenvalue weighted by Crippen LogP contribution is 2.36. The molecule has 4 rings (SSSR count). The maximum atomic E-state index is 12.8. The Labute approximate surface area is 169 Å². The first kappa shape index (κ1) is 17.9. The SMILES string of the molecule is O=C(NCCn1nc(-c2cccnc2)n(C2CC2)c1=O)c1ccccc1I. The summed E-state index contributed by atoms with van der Waals surface area (Å²) in [7, 11) is 0. The summed E-state index contributed by atoms with van der Waals surface area (Å²) in [6.07, 6.45) is 5.38. The van der Waals surface area contributed by atoms with Gasteiger partial charge in [0.15, 0.2) is 5.82 Å². The van der Waals surface area contributed by atoms with Gasteiger partial charge in [-0.1, -0.05) is 12.1 Å². The first-order valence-electron chi connectivity index (χ1n) is 8.77. The number of hydrogen-bond donors (Lipinski definition) is 1. The van der Waals surface area contributed by atoms with Crippen molar-refractivity contribution in [2.24, 2.45) is 0 Å². The van der Waals surface area contributed by atoms with Crippen molar-refractivity contribution in [3.63, 3.8) is 0 Å². The maximum absolute atomic E-state index is 12.8. The van der Waals surface area contributed by atoms with Crippen LogP contribution in [0.15, 0.2) is 53.6 Å². The van der Waals surface area contributed by atoms with Crippen LogP contribution in [-0.2, 0) is 6.54 Å². The maximum Gasteiger partial charge on any atom is 0.346 e. The zero-order valence-corrected chi connectivity index (χ0v) is 16.7. The highest BCUT2D eigenvalue weighted by Gasteiger charge is 2.30. The molecule has 0 radical (unpaired) electrons. The lowest BCUT2D eigenvalue weighted by atomic mass is 10.2. The molecule has 7 nitrogen and oxygen atoms in total. The van der Waals surface area contributed by atoms with Gasteiger partial charge in [-0.2, -0.15) is 0 Å². The molecular formula is C19H18IN5O2. The summed E-state index contributed by atoms with van der Waals surface area (Å²) in [6, 6.07) is 11.3. The summed E-state index contributed by atoms with van der Waals surface area (Å²) in [5.41, 5.74) is 1.31. The van der Waals surface area contributed by atoms with Gasteiger partial charge in [-0.25, -0.2) is 9.48 Å². The number of amides is 1. The smallest absolute Gasteiger partial charge is 0.346 e. The molecule has 2 heterocycles. The van der Waals surface area contributed by atoms with Gasteiger partial charge < -0.3 is 5.32 Å². The van der Waals surface area contributed by atoms with Crippen LogP contribution < -0.4 is 11.0 Å². The molecule has 1 aromatic carbocycles. The van der Waals surface area contributed by atoms with Crippen molar-refractivity contribution in [1.29, 1.82) is 0 Å². The number of halogens is 1. The molecule has 8 heteroatoms. The molecule has 1 saturated carbocycles. The number of nitrogens with one attached hydrogen (secondary N) is 1. The zero-order valence-electron chi connectivity index (χ0n) is 14.5. The normalized spacial score (nSPS) is 13.5. The second-order valence-corrected chi connectivity index (χ2v) is 7.57. The van der Waals surface area contributed by atoms with E-state index in [2.05, 4.69) is 38.0 Å². The third kappa shape index (κ3) is 3.80. The molecule has 3 aromatic rings. The zero-order chi connectivity index (χ0) is 18.8. The van der Waals surface area contributed by atoms with E-state index in [0.29, 0.717) is 24.5 Å². The molecule has 1 fully saturated rings. The number of rotatable bonds is 6. The lowest BCUT2D eigenvalue weighted by molar-refractivity contribution is 0.0951. The Bertz CT molecular complexity index is 1020. The first-order valence-corrected chi connectivity index (χ1v) is 9.85. The third-order valence-electron chi connectivity index (χ3n) is 4.43. The predicted molar refractivity (Wildman–Crippen MR) is 109 cm³/mol. The van der Waals surface area contributed by atoms with Crippen LogP contribution >= 0.6 is 22.6 Å². The molecule has 1 aliphatic rings. The van der Waals surface area contributed by atoms with Crippen LogP contribution in [0.5, 0.6) is 0 Å². The van der Waals surface area contributed by atoms with Crippen LogP contribution in [0.2, 0.25) is 0 Å². The van der Waals surface area contributed by atoms with Crippen molar-refractivity contribution in [2.75, 3.05) is 6.54 Å². The van der Waals surface area contributed by atoms with E-state index in [1.807, 2.05) is 30.3 Å². The summed E-state index contributed by atoms with van der Waals surface area (Å²) in [5.74, 6) is 0.488. The van der Waals surface area contributed by atoms with E-state index in [4.69, 9.17) is 0 Å². The van der Waals surface area contributed by atoms with Gasteiger partial charge >= 0.3 is 5.69 Å². The van der Waals surface area contributed by atoms with Gasteiger partial charge in [0, 0.05) is 34.1 Å². The Balaban J connectivity index is 1.51. The summed E-state index contributed by atoms with van der Waals surface area (Å²) >= 11 is 2.13. The average Bonchev–Trinajstić information content (AvgIpc) is 3.47. The monoisotopic (exact) mass is 475 g/mol. The van der Waals surface area contributed by atoms with E-state index in [0.717, 1.165) is 22.0 Å². The lowest BCUT2D eigenvalue weighted by Gasteiger charge is -2.06. The van der Waals surface area contributed by atoms with Crippen molar-refractivity contribution < 1.29 is 4.79 Å².